The Labute approximate surface area is 115 Å². The van der Waals surface area contributed by atoms with E-state index in [2.05, 4.69) is 16.7 Å². The largest absolute Gasteiger partial charge is 0.390 e. The average molecular weight is 272 g/mol. The van der Waals surface area contributed by atoms with Crippen LogP contribution < -0.4 is 0 Å². The molecule has 5 nitrogen and oxygen atoms in total. The van der Waals surface area contributed by atoms with Crippen LogP contribution in [0.2, 0.25) is 0 Å². The molecule has 4 atom stereocenters. The van der Waals surface area contributed by atoms with E-state index in [1.807, 2.05) is 6.92 Å². The van der Waals surface area contributed by atoms with Crippen LogP contribution in [0.1, 0.15) is 39.5 Å². The summed E-state index contributed by atoms with van der Waals surface area (Å²) in [7, 11) is 0. The number of rotatable bonds is 5. The fourth-order valence-electron chi connectivity index (χ4n) is 3.63. The minimum absolute atomic E-state index is 0.354. The molecule has 5 heteroatoms. The second-order valence-electron chi connectivity index (χ2n) is 5.89. The summed E-state index contributed by atoms with van der Waals surface area (Å²) in [6, 6.07) is -0.354. The van der Waals surface area contributed by atoms with Crippen LogP contribution in [0.3, 0.4) is 0 Å². The van der Waals surface area contributed by atoms with Crippen LogP contribution in [-0.4, -0.2) is 75.3 Å². The van der Waals surface area contributed by atoms with E-state index in [-0.39, 0.29) is 6.04 Å². The Balaban J connectivity index is 2.16. The molecule has 2 aliphatic rings. The maximum Gasteiger partial charge on any atom is 0.138 e. The SMILES string of the molecule is CCCCN(CC)C1(O)CCN2CCC(O)C(O)C21. The van der Waals surface area contributed by atoms with Crippen molar-refractivity contribution in [3.05, 3.63) is 0 Å². The highest BCUT2D eigenvalue weighted by Gasteiger charge is 2.55. The lowest BCUT2D eigenvalue weighted by Crippen LogP contribution is -2.65. The molecule has 0 saturated carbocycles. The van der Waals surface area contributed by atoms with Gasteiger partial charge < -0.3 is 15.3 Å². The summed E-state index contributed by atoms with van der Waals surface area (Å²) in [5, 5.41) is 31.2. The van der Waals surface area contributed by atoms with Gasteiger partial charge in [-0.15, -0.1) is 0 Å². The number of aliphatic hydroxyl groups excluding tert-OH is 2. The molecule has 0 aliphatic carbocycles. The molecule has 0 radical (unpaired) electrons. The molecule has 3 N–H and O–H groups in total. The number of hydrogen-bond donors (Lipinski definition) is 3. The number of aliphatic hydroxyl groups is 3. The summed E-state index contributed by atoms with van der Waals surface area (Å²) in [5.41, 5.74) is -0.995. The van der Waals surface area contributed by atoms with E-state index in [1.165, 1.54) is 0 Å². The fraction of sp³-hybridized carbons (Fsp3) is 1.00. The minimum atomic E-state index is -0.995. The minimum Gasteiger partial charge on any atom is -0.390 e. The van der Waals surface area contributed by atoms with E-state index in [4.69, 9.17) is 0 Å². The van der Waals surface area contributed by atoms with Gasteiger partial charge in [-0.25, -0.2) is 0 Å². The van der Waals surface area contributed by atoms with Crippen LogP contribution in [0.25, 0.3) is 0 Å². The molecule has 0 spiro atoms. The second kappa shape index (κ2) is 6.06. The smallest absolute Gasteiger partial charge is 0.138 e. The third-order valence-electron chi connectivity index (χ3n) is 4.77. The summed E-state index contributed by atoms with van der Waals surface area (Å²) in [6.45, 7) is 7.35. The van der Waals surface area contributed by atoms with Gasteiger partial charge in [0.1, 0.15) is 5.72 Å². The molecule has 0 bridgehead atoms. The number of unbranched alkanes of at least 4 members (excludes halogenated alkanes) is 1. The quantitative estimate of drug-likeness (QED) is 0.615. The first-order valence-corrected chi connectivity index (χ1v) is 7.62. The third-order valence-corrected chi connectivity index (χ3v) is 4.77. The summed E-state index contributed by atoms with van der Waals surface area (Å²) in [5.74, 6) is 0. The first kappa shape index (κ1) is 15.2. The Bertz CT molecular complexity index is 302. The van der Waals surface area contributed by atoms with Gasteiger partial charge in [-0.3, -0.25) is 9.80 Å². The molecular formula is C14H28N2O3. The predicted molar refractivity (Wildman–Crippen MR) is 73.7 cm³/mol. The zero-order valence-corrected chi connectivity index (χ0v) is 12.1. The molecular weight excluding hydrogens is 244 g/mol. The van der Waals surface area contributed by atoms with Crippen LogP contribution in [0.4, 0.5) is 0 Å². The van der Waals surface area contributed by atoms with Gasteiger partial charge in [0.05, 0.1) is 18.2 Å². The average Bonchev–Trinajstić information content (AvgIpc) is 2.74. The van der Waals surface area contributed by atoms with Gasteiger partial charge in [-0.1, -0.05) is 20.3 Å². The molecule has 19 heavy (non-hydrogen) atoms. The van der Waals surface area contributed by atoms with E-state index < -0.39 is 17.9 Å². The monoisotopic (exact) mass is 272 g/mol. The van der Waals surface area contributed by atoms with Crippen molar-refractivity contribution in [3.63, 3.8) is 0 Å². The fourth-order valence-corrected chi connectivity index (χ4v) is 3.63. The molecule has 0 aromatic heterocycles. The summed E-state index contributed by atoms with van der Waals surface area (Å²) >= 11 is 0. The van der Waals surface area contributed by atoms with Gasteiger partial charge in [0, 0.05) is 26.1 Å². The Kier molecular flexibility index (Phi) is 4.84. The van der Waals surface area contributed by atoms with Crippen LogP contribution >= 0.6 is 0 Å². The molecule has 0 aromatic carbocycles. The third kappa shape index (κ3) is 2.67. The molecule has 2 saturated heterocycles. The van der Waals surface area contributed by atoms with Crippen LogP contribution in [0.5, 0.6) is 0 Å². The lowest BCUT2D eigenvalue weighted by Gasteiger charge is -2.47. The van der Waals surface area contributed by atoms with Crippen molar-refractivity contribution in [2.75, 3.05) is 26.2 Å². The maximum absolute atomic E-state index is 11.1. The first-order valence-electron chi connectivity index (χ1n) is 7.62. The van der Waals surface area contributed by atoms with Crippen LogP contribution in [0, 0.1) is 0 Å². The van der Waals surface area contributed by atoms with Gasteiger partial charge in [0.15, 0.2) is 0 Å². The highest BCUT2D eigenvalue weighted by molar-refractivity contribution is 5.06. The lowest BCUT2D eigenvalue weighted by molar-refractivity contribution is -0.180. The van der Waals surface area contributed by atoms with Crippen molar-refractivity contribution in [2.24, 2.45) is 0 Å². The van der Waals surface area contributed by atoms with E-state index in [9.17, 15) is 15.3 Å². The van der Waals surface area contributed by atoms with Crippen LogP contribution in [0.15, 0.2) is 0 Å². The number of hydrogen-bond acceptors (Lipinski definition) is 5. The van der Waals surface area contributed by atoms with E-state index >= 15 is 0 Å². The van der Waals surface area contributed by atoms with Crippen molar-refractivity contribution in [3.8, 4) is 0 Å². The molecule has 2 rings (SSSR count). The lowest BCUT2D eigenvalue weighted by atomic mass is 9.89. The molecule has 2 aliphatic heterocycles. The molecule has 4 unspecified atom stereocenters. The van der Waals surface area contributed by atoms with Gasteiger partial charge in [0.25, 0.3) is 0 Å². The van der Waals surface area contributed by atoms with Gasteiger partial charge in [-0.05, 0) is 19.4 Å². The van der Waals surface area contributed by atoms with Gasteiger partial charge in [-0.2, -0.15) is 0 Å². The Morgan fingerprint density at radius 2 is 2.00 bits per heavy atom. The maximum atomic E-state index is 11.1. The zero-order chi connectivity index (χ0) is 14.0. The van der Waals surface area contributed by atoms with Crippen molar-refractivity contribution < 1.29 is 15.3 Å². The molecule has 112 valence electrons. The highest BCUT2D eigenvalue weighted by Crippen LogP contribution is 2.37. The standard InChI is InChI=1S/C14H28N2O3/c1-3-5-8-16(4-2)14(19)7-10-15-9-6-11(17)12(18)13(14)15/h11-13,17-19H,3-10H2,1-2H3. The summed E-state index contributed by atoms with van der Waals surface area (Å²) < 4.78 is 0. The van der Waals surface area contributed by atoms with Crippen molar-refractivity contribution in [1.29, 1.82) is 0 Å². The normalized spacial score (nSPS) is 39.8. The molecule has 2 heterocycles. The Morgan fingerprint density at radius 1 is 1.26 bits per heavy atom. The second-order valence-corrected chi connectivity index (χ2v) is 5.89. The first-order chi connectivity index (χ1) is 9.04. The van der Waals surface area contributed by atoms with Crippen LogP contribution in [-0.2, 0) is 0 Å². The van der Waals surface area contributed by atoms with Crippen molar-refractivity contribution in [1.82, 2.24) is 9.80 Å². The molecule has 2 fully saturated rings. The highest BCUT2D eigenvalue weighted by atomic mass is 16.3. The summed E-state index contributed by atoms with van der Waals surface area (Å²) in [4.78, 5) is 4.20. The number of fused-ring (bicyclic) bond motifs is 1. The molecule has 0 amide bonds. The van der Waals surface area contributed by atoms with Crippen molar-refractivity contribution in [2.45, 2.75) is 63.5 Å². The van der Waals surface area contributed by atoms with E-state index in [0.29, 0.717) is 12.8 Å². The molecule has 0 aromatic rings. The Hall–Kier alpha value is -0.200. The topological polar surface area (TPSA) is 67.2 Å². The van der Waals surface area contributed by atoms with Gasteiger partial charge >= 0.3 is 0 Å². The van der Waals surface area contributed by atoms with Crippen molar-refractivity contribution >= 4 is 0 Å². The van der Waals surface area contributed by atoms with E-state index in [1.54, 1.807) is 0 Å². The van der Waals surface area contributed by atoms with E-state index in [0.717, 1.165) is 39.0 Å². The zero-order valence-electron chi connectivity index (χ0n) is 12.1. The summed E-state index contributed by atoms with van der Waals surface area (Å²) in [6.07, 6.45) is 1.81. The number of piperidine rings is 1. The van der Waals surface area contributed by atoms with Gasteiger partial charge in [0.2, 0.25) is 0 Å². The predicted octanol–water partition coefficient (Wildman–Crippen LogP) is -0.00320. The number of nitrogens with zero attached hydrogens (tertiary/aromatic N) is 2. The Morgan fingerprint density at radius 3 is 2.63 bits per heavy atom. The number of likely N-dealkylation sites (N-methyl/N-ethyl adjacent to an activating group) is 1.